The van der Waals surface area contributed by atoms with Crippen molar-refractivity contribution in [1.29, 1.82) is 0 Å². The Balaban J connectivity index is 1.76. The van der Waals surface area contributed by atoms with E-state index in [1.807, 2.05) is 0 Å². The van der Waals surface area contributed by atoms with Crippen molar-refractivity contribution in [3.05, 3.63) is 54.6 Å². The first-order valence-electron chi connectivity index (χ1n) is 11.5. The van der Waals surface area contributed by atoms with E-state index in [0.29, 0.717) is 17.1 Å². The number of nitrogens with zero attached hydrogens (tertiary/aromatic N) is 2. The number of fused-ring (bicyclic) bond motifs is 1. The number of aliphatic hydroxyl groups excluding tert-OH is 1. The van der Waals surface area contributed by atoms with Crippen LogP contribution in [0.4, 0.5) is 5.69 Å². The highest BCUT2D eigenvalue weighted by Gasteiger charge is 2.77. The third kappa shape index (κ3) is 4.33. The minimum atomic E-state index is -1.20. The molecule has 3 aliphatic heterocycles. The van der Waals surface area contributed by atoms with Gasteiger partial charge in [0.05, 0.1) is 17.9 Å². The summed E-state index contributed by atoms with van der Waals surface area (Å²) in [7, 11) is 0. The molecule has 6 atom stereocenters. The molecule has 0 saturated carbocycles. The molecule has 3 aliphatic rings. The molecule has 35 heavy (non-hydrogen) atoms. The smallest absolute Gasteiger partial charge is 0.312 e. The molecule has 3 fully saturated rings. The van der Waals surface area contributed by atoms with Gasteiger partial charge in [-0.05, 0) is 37.1 Å². The minimum absolute atomic E-state index is 0.0170. The molecular formula is C25H28BrClN2O6. The number of carbonyl (C=O) groups is 3. The number of likely N-dealkylation sites (tertiary alicyclic amines) is 1. The van der Waals surface area contributed by atoms with Crippen LogP contribution in [0, 0.1) is 11.8 Å². The minimum Gasteiger partial charge on any atom is -0.461 e. The van der Waals surface area contributed by atoms with Crippen LogP contribution in [0.3, 0.4) is 0 Å². The maximum atomic E-state index is 14.2. The molecule has 0 aromatic heterocycles. The van der Waals surface area contributed by atoms with Crippen LogP contribution in [0.1, 0.15) is 12.8 Å². The summed E-state index contributed by atoms with van der Waals surface area (Å²) >= 11 is 9.66. The summed E-state index contributed by atoms with van der Waals surface area (Å²) in [6.07, 6.45) is 3.14. The number of alkyl halides is 1. The molecule has 0 aliphatic carbocycles. The number of carbonyl (C=O) groups excluding carboxylic acids is 3. The molecule has 188 valence electrons. The average molecular weight is 568 g/mol. The second-order valence-corrected chi connectivity index (χ2v) is 10.5. The van der Waals surface area contributed by atoms with Gasteiger partial charge in [-0.3, -0.25) is 14.4 Å². The second kappa shape index (κ2) is 10.4. The number of hydrogen-bond acceptors (Lipinski definition) is 6. The summed E-state index contributed by atoms with van der Waals surface area (Å²) < 4.78 is 11.7. The van der Waals surface area contributed by atoms with Gasteiger partial charge in [-0.2, -0.15) is 0 Å². The largest absolute Gasteiger partial charge is 0.461 e. The number of esters is 1. The summed E-state index contributed by atoms with van der Waals surface area (Å²) in [6, 6.07) is 5.84. The molecular weight excluding hydrogens is 540 g/mol. The van der Waals surface area contributed by atoms with Gasteiger partial charge in [0.15, 0.2) is 0 Å². The monoisotopic (exact) mass is 566 g/mol. The first-order chi connectivity index (χ1) is 16.8. The van der Waals surface area contributed by atoms with Crippen LogP contribution in [0.5, 0.6) is 0 Å². The molecule has 3 unspecified atom stereocenters. The van der Waals surface area contributed by atoms with Gasteiger partial charge in [-0.25, -0.2) is 0 Å². The fourth-order valence-electron chi connectivity index (χ4n) is 5.62. The first-order valence-corrected chi connectivity index (χ1v) is 12.8. The predicted molar refractivity (Wildman–Crippen MR) is 134 cm³/mol. The molecule has 8 nitrogen and oxygen atoms in total. The third-order valence-corrected chi connectivity index (χ3v) is 8.01. The molecule has 10 heteroatoms. The number of benzene rings is 1. The van der Waals surface area contributed by atoms with Gasteiger partial charge in [-0.15, -0.1) is 6.58 Å². The molecule has 2 bridgehead atoms. The van der Waals surface area contributed by atoms with E-state index in [1.165, 1.54) is 15.9 Å². The SMILES string of the molecule is C=CCOC(=O)[C@H]1[C@@H]2OC3(CC2Br)C(C(=O)N(CC=C)c2ccc(Cl)cc2)N(CCCO)C(=O)[C@H]13. The van der Waals surface area contributed by atoms with Crippen molar-refractivity contribution >= 4 is 51.0 Å². The molecule has 1 N–H and O–H groups in total. The number of ether oxygens (including phenoxy) is 2. The number of hydrogen-bond donors (Lipinski definition) is 1. The van der Waals surface area contributed by atoms with Gasteiger partial charge in [0, 0.05) is 35.2 Å². The van der Waals surface area contributed by atoms with Crippen molar-refractivity contribution in [2.45, 2.75) is 35.4 Å². The Hall–Kier alpha value is -2.20. The van der Waals surface area contributed by atoms with Gasteiger partial charge in [0.1, 0.15) is 18.2 Å². The Morgan fingerprint density at radius 3 is 2.66 bits per heavy atom. The summed E-state index contributed by atoms with van der Waals surface area (Å²) in [5.74, 6) is -2.94. The van der Waals surface area contributed by atoms with Crippen LogP contribution < -0.4 is 4.90 Å². The van der Waals surface area contributed by atoms with E-state index in [4.69, 9.17) is 21.1 Å². The quantitative estimate of drug-likeness (QED) is 0.265. The first kappa shape index (κ1) is 25.9. The van der Waals surface area contributed by atoms with Crippen LogP contribution in [-0.4, -0.2) is 76.7 Å². The third-order valence-electron chi connectivity index (χ3n) is 6.91. The Morgan fingerprint density at radius 1 is 1.31 bits per heavy atom. The lowest BCUT2D eigenvalue weighted by Gasteiger charge is -2.37. The van der Waals surface area contributed by atoms with Crippen LogP contribution >= 0.6 is 27.5 Å². The van der Waals surface area contributed by atoms with Gasteiger partial charge in [0.2, 0.25) is 5.91 Å². The predicted octanol–water partition coefficient (Wildman–Crippen LogP) is 2.72. The average Bonchev–Trinajstić information content (AvgIpc) is 3.43. The molecule has 1 spiro atoms. The Kier molecular flexibility index (Phi) is 7.71. The molecule has 2 amide bonds. The number of halogens is 2. The van der Waals surface area contributed by atoms with Crippen LogP contribution in [-0.2, 0) is 23.9 Å². The fraction of sp³-hybridized carbons (Fsp3) is 0.480. The molecule has 1 aromatic rings. The van der Waals surface area contributed by atoms with E-state index in [2.05, 4.69) is 29.1 Å². The van der Waals surface area contributed by atoms with Gasteiger partial charge < -0.3 is 24.4 Å². The number of anilines is 1. The Labute approximate surface area is 217 Å². The molecule has 3 saturated heterocycles. The zero-order valence-corrected chi connectivity index (χ0v) is 21.5. The van der Waals surface area contributed by atoms with Crippen molar-refractivity contribution in [2.75, 3.05) is 31.2 Å². The summed E-state index contributed by atoms with van der Waals surface area (Å²) in [4.78, 5) is 43.7. The number of rotatable bonds is 10. The molecule has 4 rings (SSSR count). The van der Waals surface area contributed by atoms with E-state index in [9.17, 15) is 19.5 Å². The zero-order valence-electron chi connectivity index (χ0n) is 19.1. The lowest BCUT2D eigenvalue weighted by Crippen LogP contribution is -2.57. The maximum Gasteiger partial charge on any atom is 0.312 e. The Morgan fingerprint density at radius 2 is 2.03 bits per heavy atom. The Bertz CT molecular complexity index is 1020. The van der Waals surface area contributed by atoms with E-state index in [-0.39, 0.29) is 49.4 Å². The summed E-state index contributed by atoms with van der Waals surface area (Å²) in [6.45, 7) is 7.58. The highest BCUT2D eigenvalue weighted by atomic mass is 79.9. The molecule has 0 radical (unpaired) electrons. The van der Waals surface area contributed by atoms with Gasteiger partial charge in [0.25, 0.3) is 5.91 Å². The van der Waals surface area contributed by atoms with Crippen molar-refractivity contribution in [3.8, 4) is 0 Å². The van der Waals surface area contributed by atoms with Crippen molar-refractivity contribution < 1.29 is 29.0 Å². The topological polar surface area (TPSA) is 96.4 Å². The lowest BCUT2D eigenvalue weighted by molar-refractivity contribution is -0.153. The van der Waals surface area contributed by atoms with E-state index in [1.54, 1.807) is 30.3 Å². The fourth-order valence-corrected chi connectivity index (χ4v) is 6.69. The summed E-state index contributed by atoms with van der Waals surface area (Å²) in [5, 5.41) is 9.99. The van der Waals surface area contributed by atoms with Gasteiger partial charge >= 0.3 is 5.97 Å². The van der Waals surface area contributed by atoms with E-state index in [0.717, 1.165) is 0 Å². The van der Waals surface area contributed by atoms with Crippen LogP contribution in [0.15, 0.2) is 49.6 Å². The highest BCUT2D eigenvalue weighted by molar-refractivity contribution is 9.09. The highest BCUT2D eigenvalue weighted by Crippen LogP contribution is 2.60. The zero-order chi connectivity index (χ0) is 25.3. The summed E-state index contributed by atoms with van der Waals surface area (Å²) in [5.41, 5.74) is -0.606. The number of aliphatic hydroxyl groups is 1. The second-order valence-electron chi connectivity index (χ2n) is 8.90. The van der Waals surface area contributed by atoms with Crippen LogP contribution in [0.25, 0.3) is 0 Å². The van der Waals surface area contributed by atoms with Crippen molar-refractivity contribution in [3.63, 3.8) is 0 Å². The maximum absolute atomic E-state index is 14.2. The molecule has 1 aromatic carbocycles. The lowest BCUT2D eigenvalue weighted by atomic mass is 9.70. The van der Waals surface area contributed by atoms with E-state index < -0.39 is 35.6 Å². The normalized spacial score (nSPS) is 30.8. The van der Waals surface area contributed by atoms with Crippen molar-refractivity contribution in [1.82, 2.24) is 4.90 Å². The molecule has 3 heterocycles. The standard InChI is InChI=1S/C25H28BrClN2O6/c1-3-10-28(16-8-6-15(27)7-9-16)23(32)21-25-14-17(26)20(35-25)18(24(33)34-13-4-2)19(25)22(31)29(21)11-5-12-30/h3-4,6-9,17-21,30H,1-2,5,10-14H2/t17?,18-,19+,20-,21?,25?/m1/s1. The van der Waals surface area contributed by atoms with E-state index >= 15 is 0 Å². The van der Waals surface area contributed by atoms with Crippen LogP contribution in [0.2, 0.25) is 5.02 Å². The van der Waals surface area contributed by atoms with Crippen molar-refractivity contribution in [2.24, 2.45) is 11.8 Å². The number of amides is 2. The van der Waals surface area contributed by atoms with Gasteiger partial charge in [-0.1, -0.05) is 46.3 Å².